The van der Waals surface area contributed by atoms with E-state index in [0.29, 0.717) is 10.7 Å². The van der Waals surface area contributed by atoms with Gasteiger partial charge in [-0.3, -0.25) is 0 Å². The van der Waals surface area contributed by atoms with Crippen molar-refractivity contribution in [3.05, 3.63) is 64.7 Å². The van der Waals surface area contributed by atoms with Crippen molar-refractivity contribution in [1.29, 1.82) is 0 Å². The van der Waals surface area contributed by atoms with E-state index in [1.54, 1.807) is 49.4 Å². The maximum absolute atomic E-state index is 10.9. The van der Waals surface area contributed by atoms with Gasteiger partial charge in [-0.05, 0) is 30.7 Å². The van der Waals surface area contributed by atoms with E-state index in [-0.39, 0.29) is 11.3 Å². The maximum atomic E-state index is 10.9. The number of aliphatic hydroxyl groups excluding tert-OH is 1. The fourth-order valence-electron chi connectivity index (χ4n) is 1.78. The van der Waals surface area contributed by atoms with Gasteiger partial charge in [-0.2, -0.15) is 0 Å². The number of aliphatic hydroxyl groups is 1. The van der Waals surface area contributed by atoms with Crippen molar-refractivity contribution in [1.82, 2.24) is 0 Å². The summed E-state index contributed by atoms with van der Waals surface area (Å²) in [6.45, 7) is 1.75. The number of aliphatic carboxylic acids is 1. The Morgan fingerprint density at radius 1 is 1.18 bits per heavy atom. The second-order valence-electron chi connectivity index (χ2n) is 4.55. The van der Waals surface area contributed by atoms with Gasteiger partial charge in [0.2, 0.25) is 0 Å². The standard InChI is InChI=1S/C16H14ClNO4/c1-10(11-6-8-12(17)9-7-11)18-22-14-5-3-2-4-13(14)15(19)16(20)21/h2-9,15,19H,1H3,(H,20,21). The normalized spacial score (nSPS) is 12.8. The van der Waals surface area contributed by atoms with Crippen LogP contribution in [0.1, 0.15) is 24.2 Å². The van der Waals surface area contributed by atoms with Gasteiger partial charge in [-0.15, -0.1) is 0 Å². The summed E-state index contributed by atoms with van der Waals surface area (Å²) in [6.07, 6.45) is -1.66. The Balaban J connectivity index is 2.22. The Labute approximate surface area is 132 Å². The van der Waals surface area contributed by atoms with Crippen LogP contribution in [0.3, 0.4) is 0 Å². The lowest BCUT2D eigenvalue weighted by molar-refractivity contribution is -0.147. The number of nitrogens with zero attached hydrogens (tertiary/aromatic N) is 1. The number of carbonyl (C=O) groups is 1. The average Bonchev–Trinajstić information content (AvgIpc) is 2.52. The first-order valence-electron chi connectivity index (χ1n) is 6.46. The SMILES string of the molecule is CC(=NOc1ccccc1C(O)C(=O)O)c1ccc(Cl)cc1. The molecule has 2 aromatic carbocycles. The molecule has 0 bridgehead atoms. The molecule has 0 amide bonds. The lowest BCUT2D eigenvalue weighted by Gasteiger charge is -2.10. The van der Waals surface area contributed by atoms with Gasteiger partial charge in [-0.1, -0.05) is 47.1 Å². The molecule has 0 aliphatic heterocycles. The zero-order valence-electron chi connectivity index (χ0n) is 11.7. The van der Waals surface area contributed by atoms with Gasteiger partial charge in [0.05, 0.1) is 5.71 Å². The first-order chi connectivity index (χ1) is 10.5. The number of rotatable bonds is 5. The number of hydrogen-bond acceptors (Lipinski definition) is 4. The van der Waals surface area contributed by atoms with Crippen molar-refractivity contribution in [3.63, 3.8) is 0 Å². The third-order valence-corrected chi connectivity index (χ3v) is 3.24. The smallest absolute Gasteiger partial charge is 0.337 e. The van der Waals surface area contributed by atoms with Crippen molar-refractivity contribution < 1.29 is 19.8 Å². The molecule has 1 unspecified atom stereocenters. The van der Waals surface area contributed by atoms with Gasteiger partial charge in [0.15, 0.2) is 11.9 Å². The minimum atomic E-state index is -1.66. The lowest BCUT2D eigenvalue weighted by Crippen LogP contribution is -2.11. The lowest BCUT2D eigenvalue weighted by atomic mass is 10.1. The van der Waals surface area contributed by atoms with E-state index >= 15 is 0 Å². The van der Waals surface area contributed by atoms with Gasteiger partial charge in [0.1, 0.15) is 0 Å². The highest BCUT2D eigenvalue weighted by Crippen LogP contribution is 2.25. The quantitative estimate of drug-likeness (QED) is 0.655. The molecule has 0 fully saturated rings. The van der Waals surface area contributed by atoms with Crippen LogP contribution in [0.25, 0.3) is 0 Å². The number of hydrogen-bond donors (Lipinski definition) is 2. The summed E-state index contributed by atoms with van der Waals surface area (Å²) >= 11 is 5.82. The van der Waals surface area contributed by atoms with E-state index in [9.17, 15) is 9.90 Å². The Morgan fingerprint density at radius 2 is 1.82 bits per heavy atom. The Bertz CT molecular complexity index is 698. The molecule has 114 valence electrons. The molecule has 2 N–H and O–H groups in total. The Morgan fingerprint density at radius 3 is 2.45 bits per heavy atom. The fraction of sp³-hybridized carbons (Fsp3) is 0.125. The molecule has 0 radical (unpaired) electrons. The van der Waals surface area contributed by atoms with Gasteiger partial charge in [-0.25, -0.2) is 4.79 Å². The third-order valence-electron chi connectivity index (χ3n) is 2.99. The summed E-state index contributed by atoms with van der Waals surface area (Å²) in [6, 6.07) is 13.4. The summed E-state index contributed by atoms with van der Waals surface area (Å²) in [4.78, 5) is 16.2. The van der Waals surface area contributed by atoms with Gasteiger partial charge >= 0.3 is 5.97 Å². The second-order valence-corrected chi connectivity index (χ2v) is 4.99. The summed E-state index contributed by atoms with van der Waals surface area (Å²) in [5.41, 5.74) is 1.56. The highest BCUT2D eigenvalue weighted by molar-refractivity contribution is 6.30. The molecule has 0 aliphatic rings. The van der Waals surface area contributed by atoms with Crippen LogP contribution in [0.2, 0.25) is 5.02 Å². The van der Waals surface area contributed by atoms with Gasteiger partial charge < -0.3 is 15.1 Å². The van der Waals surface area contributed by atoms with Crippen LogP contribution in [0.5, 0.6) is 5.75 Å². The zero-order valence-corrected chi connectivity index (χ0v) is 12.5. The molecule has 1 atom stereocenters. The molecule has 0 aromatic heterocycles. The van der Waals surface area contributed by atoms with E-state index < -0.39 is 12.1 Å². The molecule has 22 heavy (non-hydrogen) atoms. The van der Waals surface area contributed by atoms with Crippen molar-refractivity contribution in [3.8, 4) is 5.75 Å². The van der Waals surface area contributed by atoms with E-state index in [2.05, 4.69) is 5.16 Å². The monoisotopic (exact) mass is 319 g/mol. The van der Waals surface area contributed by atoms with Crippen molar-refractivity contribution in [2.24, 2.45) is 5.16 Å². The molecular weight excluding hydrogens is 306 g/mol. The first-order valence-corrected chi connectivity index (χ1v) is 6.84. The van der Waals surface area contributed by atoms with Crippen LogP contribution in [-0.4, -0.2) is 21.9 Å². The number of carboxylic acids is 1. The molecule has 2 rings (SSSR count). The summed E-state index contributed by atoms with van der Waals surface area (Å²) in [5, 5.41) is 23.1. The fourth-order valence-corrected chi connectivity index (χ4v) is 1.91. The number of halogens is 1. The molecule has 5 nitrogen and oxygen atoms in total. The molecule has 0 saturated heterocycles. The number of benzene rings is 2. The average molecular weight is 320 g/mol. The summed E-state index contributed by atoms with van der Waals surface area (Å²) in [5.74, 6) is -1.17. The molecule has 2 aromatic rings. The maximum Gasteiger partial charge on any atom is 0.337 e. The van der Waals surface area contributed by atoms with Crippen molar-refractivity contribution >= 4 is 23.3 Å². The molecular formula is C16H14ClNO4. The third kappa shape index (κ3) is 3.84. The van der Waals surface area contributed by atoms with Crippen LogP contribution >= 0.6 is 11.6 Å². The molecule has 0 aliphatic carbocycles. The largest absolute Gasteiger partial charge is 0.479 e. The molecule has 6 heteroatoms. The van der Waals surface area contributed by atoms with E-state index in [0.717, 1.165) is 5.56 Å². The van der Waals surface area contributed by atoms with Gasteiger partial charge in [0.25, 0.3) is 0 Å². The minimum absolute atomic E-state index is 0.141. The number of para-hydroxylation sites is 1. The van der Waals surface area contributed by atoms with Crippen LogP contribution < -0.4 is 4.84 Å². The Kier molecular flexibility index (Phi) is 5.14. The number of oxime groups is 1. The van der Waals surface area contributed by atoms with Gasteiger partial charge in [0, 0.05) is 10.6 Å². The van der Waals surface area contributed by atoms with E-state index in [4.69, 9.17) is 21.5 Å². The summed E-state index contributed by atoms with van der Waals surface area (Å²) in [7, 11) is 0. The van der Waals surface area contributed by atoms with E-state index in [1.807, 2.05) is 0 Å². The molecule has 0 spiro atoms. The minimum Gasteiger partial charge on any atom is -0.479 e. The second kappa shape index (κ2) is 7.06. The number of carboxylic acid groups (broad SMARTS) is 1. The van der Waals surface area contributed by atoms with Crippen molar-refractivity contribution in [2.45, 2.75) is 13.0 Å². The van der Waals surface area contributed by atoms with Crippen LogP contribution in [0.4, 0.5) is 0 Å². The van der Waals surface area contributed by atoms with Crippen LogP contribution in [0.15, 0.2) is 53.7 Å². The Hall–Kier alpha value is -2.37. The first kappa shape index (κ1) is 16.0. The molecule has 0 saturated carbocycles. The molecule has 0 heterocycles. The van der Waals surface area contributed by atoms with Crippen LogP contribution in [0, 0.1) is 0 Å². The summed E-state index contributed by atoms with van der Waals surface area (Å²) < 4.78 is 0. The predicted octanol–water partition coefficient (Wildman–Crippen LogP) is 3.26. The van der Waals surface area contributed by atoms with Crippen molar-refractivity contribution in [2.75, 3.05) is 0 Å². The topological polar surface area (TPSA) is 79.1 Å². The van der Waals surface area contributed by atoms with E-state index in [1.165, 1.54) is 6.07 Å². The zero-order chi connectivity index (χ0) is 16.1. The predicted molar refractivity (Wildman–Crippen MR) is 83.3 cm³/mol. The highest BCUT2D eigenvalue weighted by atomic mass is 35.5. The highest BCUT2D eigenvalue weighted by Gasteiger charge is 2.20. The van der Waals surface area contributed by atoms with Crippen LogP contribution in [-0.2, 0) is 4.79 Å².